The highest BCUT2D eigenvalue weighted by atomic mass is 16.2. The Morgan fingerprint density at radius 2 is 1.88 bits per heavy atom. The molecule has 1 saturated carbocycles. The van der Waals surface area contributed by atoms with Crippen molar-refractivity contribution in [3.8, 4) is 11.4 Å². The second kappa shape index (κ2) is 7.43. The molecule has 0 spiro atoms. The SMILES string of the molecule is CN(C(=O)c1ccc(-c2ccccn2)[nH]c1=O)C1CCCCCC1. The molecule has 0 saturated heterocycles. The molecule has 0 unspecified atom stereocenters. The van der Waals surface area contributed by atoms with Crippen LogP contribution < -0.4 is 5.56 Å². The van der Waals surface area contributed by atoms with Crippen LogP contribution in [0.3, 0.4) is 0 Å². The first-order valence-electron chi connectivity index (χ1n) is 8.58. The molecule has 1 aliphatic carbocycles. The van der Waals surface area contributed by atoms with Crippen LogP contribution in [0.15, 0.2) is 41.3 Å². The number of hydrogen-bond donors (Lipinski definition) is 1. The van der Waals surface area contributed by atoms with Crippen molar-refractivity contribution >= 4 is 5.91 Å². The topological polar surface area (TPSA) is 66.1 Å². The van der Waals surface area contributed by atoms with Gasteiger partial charge in [0.2, 0.25) is 0 Å². The molecule has 2 heterocycles. The van der Waals surface area contributed by atoms with Gasteiger partial charge in [-0.1, -0.05) is 31.7 Å². The summed E-state index contributed by atoms with van der Waals surface area (Å²) in [5.74, 6) is -0.198. The second-order valence-corrected chi connectivity index (χ2v) is 6.39. The quantitative estimate of drug-likeness (QED) is 0.881. The lowest BCUT2D eigenvalue weighted by atomic mass is 10.1. The summed E-state index contributed by atoms with van der Waals surface area (Å²) in [6.07, 6.45) is 8.48. The van der Waals surface area contributed by atoms with Crippen LogP contribution in [0.2, 0.25) is 0 Å². The van der Waals surface area contributed by atoms with Crippen LogP contribution in [0, 0.1) is 0 Å². The maximum atomic E-state index is 12.7. The normalized spacial score (nSPS) is 15.7. The summed E-state index contributed by atoms with van der Waals surface area (Å²) in [7, 11) is 1.81. The predicted molar refractivity (Wildman–Crippen MR) is 93.9 cm³/mol. The summed E-state index contributed by atoms with van der Waals surface area (Å²) in [4.78, 5) is 33.8. The van der Waals surface area contributed by atoms with Crippen molar-refractivity contribution in [1.29, 1.82) is 0 Å². The van der Waals surface area contributed by atoms with Gasteiger partial charge in [0.25, 0.3) is 11.5 Å². The zero-order chi connectivity index (χ0) is 16.9. The number of hydrogen-bond acceptors (Lipinski definition) is 3. The summed E-state index contributed by atoms with van der Waals surface area (Å²) in [6.45, 7) is 0. The molecular weight excluding hydrogens is 302 g/mol. The van der Waals surface area contributed by atoms with Crippen molar-refractivity contribution in [3.05, 3.63) is 52.4 Å². The highest BCUT2D eigenvalue weighted by Crippen LogP contribution is 2.22. The number of H-pyrrole nitrogens is 1. The number of carbonyl (C=O) groups excluding carboxylic acids is 1. The van der Waals surface area contributed by atoms with Gasteiger partial charge in [0.05, 0.1) is 11.4 Å². The van der Waals surface area contributed by atoms with E-state index in [4.69, 9.17) is 0 Å². The Morgan fingerprint density at radius 1 is 1.12 bits per heavy atom. The molecule has 1 fully saturated rings. The van der Waals surface area contributed by atoms with Gasteiger partial charge in [-0.2, -0.15) is 0 Å². The maximum absolute atomic E-state index is 12.7. The number of amides is 1. The van der Waals surface area contributed by atoms with E-state index >= 15 is 0 Å². The van der Waals surface area contributed by atoms with Gasteiger partial charge in [0.15, 0.2) is 0 Å². The van der Waals surface area contributed by atoms with Crippen LogP contribution in [0.4, 0.5) is 0 Å². The molecule has 1 N–H and O–H groups in total. The van der Waals surface area contributed by atoms with Crippen molar-refractivity contribution in [2.45, 2.75) is 44.6 Å². The first kappa shape index (κ1) is 16.4. The zero-order valence-electron chi connectivity index (χ0n) is 14.0. The predicted octanol–water partition coefficient (Wildman–Crippen LogP) is 3.23. The molecule has 3 rings (SSSR count). The Bertz CT molecular complexity index is 747. The molecule has 0 radical (unpaired) electrons. The van der Waals surface area contributed by atoms with Crippen LogP contribution in [-0.4, -0.2) is 33.9 Å². The standard InChI is InChI=1S/C19H23N3O2/c1-22(14-8-4-2-3-5-9-14)19(24)15-11-12-17(21-18(15)23)16-10-6-7-13-20-16/h6-7,10-14H,2-5,8-9H2,1H3,(H,21,23). The lowest BCUT2D eigenvalue weighted by Crippen LogP contribution is -2.39. The van der Waals surface area contributed by atoms with E-state index in [-0.39, 0.29) is 23.1 Å². The van der Waals surface area contributed by atoms with Crippen LogP contribution >= 0.6 is 0 Å². The molecular formula is C19H23N3O2. The molecule has 5 nitrogen and oxygen atoms in total. The molecule has 1 aliphatic rings. The molecule has 24 heavy (non-hydrogen) atoms. The second-order valence-electron chi connectivity index (χ2n) is 6.39. The van der Waals surface area contributed by atoms with Gasteiger partial charge in [0, 0.05) is 19.3 Å². The van der Waals surface area contributed by atoms with Gasteiger partial charge >= 0.3 is 0 Å². The van der Waals surface area contributed by atoms with Gasteiger partial charge in [-0.15, -0.1) is 0 Å². The summed E-state index contributed by atoms with van der Waals surface area (Å²) < 4.78 is 0. The highest BCUT2D eigenvalue weighted by Gasteiger charge is 2.24. The number of aromatic amines is 1. The molecule has 2 aromatic heterocycles. The Labute approximate surface area is 141 Å². The van der Waals surface area contributed by atoms with E-state index in [0.29, 0.717) is 11.4 Å². The summed E-state index contributed by atoms with van der Waals surface area (Å²) in [5, 5.41) is 0. The molecule has 0 aliphatic heterocycles. The van der Waals surface area contributed by atoms with Crippen molar-refractivity contribution in [1.82, 2.24) is 14.9 Å². The van der Waals surface area contributed by atoms with Crippen LogP contribution in [0.25, 0.3) is 11.4 Å². The maximum Gasteiger partial charge on any atom is 0.261 e. The molecule has 2 aromatic rings. The van der Waals surface area contributed by atoms with Crippen molar-refractivity contribution < 1.29 is 4.79 Å². The molecule has 5 heteroatoms. The third-order valence-corrected chi connectivity index (χ3v) is 4.77. The van der Waals surface area contributed by atoms with Gasteiger partial charge in [0.1, 0.15) is 5.56 Å². The third kappa shape index (κ3) is 3.55. The van der Waals surface area contributed by atoms with Gasteiger partial charge in [-0.05, 0) is 37.1 Å². The molecule has 1 amide bonds. The number of nitrogens with one attached hydrogen (secondary N) is 1. The highest BCUT2D eigenvalue weighted by molar-refractivity contribution is 5.94. The molecule has 126 valence electrons. The zero-order valence-corrected chi connectivity index (χ0v) is 14.0. The number of aromatic nitrogens is 2. The van der Waals surface area contributed by atoms with E-state index in [2.05, 4.69) is 9.97 Å². The molecule has 0 aromatic carbocycles. The first-order valence-corrected chi connectivity index (χ1v) is 8.58. The van der Waals surface area contributed by atoms with Crippen molar-refractivity contribution in [2.24, 2.45) is 0 Å². The Balaban J connectivity index is 1.81. The largest absolute Gasteiger partial charge is 0.339 e. The van der Waals surface area contributed by atoms with Gasteiger partial charge in [-0.3, -0.25) is 14.6 Å². The Morgan fingerprint density at radius 3 is 2.50 bits per heavy atom. The third-order valence-electron chi connectivity index (χ3n) is 4.77. The average Bonchev–Trinajstić information content (AvgIpc) is 2.90. The Hall–Kier alpha value is -2.43. The first-order chi connectivity index (χ1) is 11.7. The summed E-state index contributed by atoms with van der Waals surface area (Å²) in [5.41, 5.74) is 1.14. The van der Waals surface area contributed by atoms with Gasteiger partial charge in [-0.25, -0.2) is 0 Å². The number of carbonyl (C=O) groups is 1. The number of rotatable bonds is 3. The van der Waals surface area contributed by atoms with Crippen LogP contribution in [0.5, 0.6) is 0 Å². The Kier molecular flexibility index (Phi) is 5.08. The van der Waals surface area contributed by atoms with E-state index < -0.39 is 0 Å². The van der Waals surface area contributed by atoms with E-state index in [0.717, 1.165) is 25.7 Å². The summed E-state index contributed by atoms with van der Waals surface area (Å²) in [6, 6.07) is 9.09. The van der Waals surface area contributed by atoms with E-state index in [1.165, 1.54) is 12.8 Å². The average molecular weight is 325 g/mol. The molecule has 0 atom stereocenters. The smallest absolute Gasteiger partial charge is 0.261 e. The minimum Gasteiger partial charge on any atom is -0.339 e. The summed E-state index contributed by atoms with van der Waals surface area (Å²) >= 11 is 0. The van der Waals surface area contributed by atoms with Crippen LogP contribution in [0.1, 0.15) is 48.9 Å². The van der Waals surface area contributed by atoms with E-state index in [9.17, 15) is 9.59 Å². The minimum absolute atomic E-state index is 0.196. The van der Waals surface area contributed by atoms with Crippen LogP contribution in [-0.2, 0) is 0 Å². The fourth-order valence-corrected chi connectivity index (χ4v) is 3.31. The van der Waals surface area contributed by atoms with Crippen molar-refractivity contribution in [3.63, 3.8) is 0 Å². The monoisotopic (exact) mass is 325 g/mol. The van der Waals surface area contributed by atoms with Gasteiger partial charge < -0.3 is 9.88 Å². The lowest BCUT2D eigenvalue weighted by Gasteiger charge is -2.27. The molecule has 0 bridgehead atoms. The van der Waals surface area contributed by atoms with Crippen molar-refractivity contribution in [2.75, 3.05) is 7.05 Å². The fourth-order valence-electron chi connectivity index (χ4n) is 3.31. The van der Waals surface area contributed by atoms with E-state index in [1.54, 1.807) is 23.2 Å². The number of pyridine rings is 2. The van der Waals surface area contributed by atoms with E-state index in [1.807, 2.05) is 25.2 Å². The number of nitrogens with zero attached hydrogens (tertiary/aromatic N) is 2. The fraction of sp³-hybridized carbons (Fsp3) is 0.421. The lowest BCUT2D eigenvalue weighted by molar-refractivity contribution is 0.0716. The minimum atomic E-state index is -0.358.